The molecule has 1 aromatic rings. The summed E-state index contributed by atoms with van der Waals surface area (Å²) < 4.78 is 5.34. The molecule has 1 amide bonds. The second kappa shape index (κ2) is 7.24. The van der Waals surface area contributed by atoms with Crippen molar-refractivity contribution in [2.75, 3.05) is 6.54 Å². The molecule has 1 N–H and O–H groups in total. The van der Waals surface area contributed by atoms with E-state index in [9.17, 15) is 14.9 Å². The molecule has 1 atom stereocenters. The fourth-order valence-electron chi connectivity index (χ4n) is 1.52. The van der Waals surface area contributed by atoms with E-state index in [0.29, 0.717) is 12.5 Å². The molecule has 0 aromatic heterocycles. The molecule has 112 valence electrons. The summed E-state index contributed by atoms with van der Waals surface area (Å²) in [5.74, 6) is -0.0843. The van der Waals surface area contributed by atoms with Crippen LogP contribution in [0.4, 0.5) is 5.69 Å². The molecule has 7 heteroatoms. The number of hydrogen-bond donors (Lipinski definition) is 1. The smallest absolute Gasteiger partial charge is 0.312 e. The lowest BCUT2D eigenvalue weighted by Crippen LogP contribution is -2.38. The SMILES string of the molecule is CC(C)CNC(=O)C(C)Oc1ccc(C#N)cc1[N+](=O)[O-]. The highest BCUT2D eigenvalue weighted by Crippen LogP contribution is 2.28. The summed E-state index contributed by atoms with van der Waals surface area (Å²) in [6, 6.07) is 5.66. The third-order valence-electron chi connectivity index (χ3n) is 2.64. The monoisotopic (exact) mass is 291 g/mol. The number of nitro benzene ring substituents is 1. The zero-order valence-corrected chi connectivity index (χ0v) is 12.1. The minimum atomic E-state index is -0.865. The van der Waals surface area contributed by atoms with Crippen molar-refractivity contribution in [2.45, 2.75) is 26.9 Å². The van der Waals surface area contributed by atoms with Gasteiger partial charge in [0.15, 0.2) is 11.9 Å². The van der Waals surface area contributed by atoms with Crippen LogP contribution in [0.3, 0.4) is 0 Å². The molecule has 1 rings (SSSR count). The Morgan fingerprint density at radius 3 is 2.67 bits per heavy atom. The van der Waals surface area contributed by atoms with Gasteiger partial charge in [0.05, 0.1) is 16.6 Å². The van der Waals surface area contributed by atoms with Crippen LogP contribution in [0.5, 0.6) is 5.75 Å². The number of benzene rings is 1. The Hall–Kier alpha value is -2.62. The highest BCUT2D eigenvalue weighted by molar-refractivity contribution is 5.80. The van der Waals surface area contributed by atoms with Gasteiger partial charge in [0.2, 0.25) is 0 Å². The van der Waals surface area contributed by atoms with Crippen LogP contribution in [0.1, 0.15) is 26.3 Å². The van der Waals surface area contributed by atoms with Crippen molar-refractivity contribution in [3.8, 4) is 11.8 Å². The van der Waals surface area contributed by atoms with E-state index >= 15 is 0 Å². The number of nitrogens with one attached hydrogen (secondary N) is 1. The molecule has 0 aliphatic carbocycles. The van der Waals surface area contributed by atoms with Gasteiger partial charge in [-0.3, -0.25) is 14.9 Å². The topological polar surface area (TPSA) is 105 Å². The maximum absolute atomic E-state index is 11.8. The Labute approximate surface area is 122 Å². The molecular weight excluding hydrogens is 274 g/mol. The molecule has 0 saturated carbocycles. The number of amides is 1. The lowest BCUT2D eigenvalue weighted by Gasteiger charge is -2.15. The van der Waals surface area contributed by atoms with Crippen LogP contribution in [0.15, 0.2) is 18.2 Å². The van der Waals surface area contributed by atoms with Crippen molar-refractivity contribution in [3.05, 3.63) is 33.9 Å². The molecule has 0 saturated heterocycles. The van der Waals surface area contributed by atoms with Crippen molar-refractivity contribution < 1.29 is 14.5 Å². The van der Waals surface area contributed by atoms with Gasteiger partial charge in [-0.2, -0.15) is 5.26 Å². The van der Waals surface area contributed by atoms with Crippen LogP contribution < -0.4 is 10.1 Å². The summed E-state index contributed by atoms with van der Waals surface area (Å²) in [4.78, 5) is 22.1. The van der Waals surface area contributed by atoms with Crippen molar-refractivity contribution >= 4 is 11.6 Å². The number of ether oxygens (including phenoxy) is 1. The molecule has 0 bridgehead atoms. The molecule has 1 aromatic carbocycles. The number of carbonyl (C=O) groups is 1. The van der Waals surface area contributed by atoms with Gasteiger partial charge in [0, 0.05) is 12.6 Å². The quantitative estimate of drug-likeness (QED) is 0.637. The summed E-state index contributed by atoms with van der Waals surface area (Å²) in [6.07, 6.45) is -0.865. The maximum atomic E-state index is 11.8. The van der Waals surface area contributed by atoms with Crippen LogP contribution in [-0.2, 0) is 4.79 Å². The zero-order valence-electron chi connectivity index (χ0n) is 12.1. The second-order valence-electron chi connectivity index (χ2n) is 4.95. The largest absolute Gasteiger partial charge is 0.474 e. The van der Waals surface area contributed by atoms with Crippen LogP contribution in [0.2, 0.25) is 0 Å². The van der Waals surface area contributed by atoms with Gasteiger partial charge < -0.3 is 10.1 Å². The Balaban J connectivity index is 2.85. The van der Waals surface area contributed by atoms with Crippen LogP contribution in [-0.4, -0.2) is 23.5 Å². The number of nitro groups is 1. The number of carbonyl (C=O) groups excluding carboxylic acids is 1. The van der Waals surface area contributed by atoms with Gasteiger partial charge in [-0.15, -0.1) is 0 Å². The van der Waals surface area contributed by atoms with E-state index in [1.165, 1.54) is 19.1 Å². The van der Waals surface area contributed by atoms with Crippen molar-refractivity contribution in [1.82, 2.24) is 5.32 Å². The van der Waals surface area contributed by atoms with E-state index in [-0.39, 0.29) is 22.9 Å². The predicted molar refractivity (Wildman–Crippen MR) is 75.7 cm³/mol. The summed E-state index contributed by atoms with van der Waals surface area (Å²) in [5, 5.41) is 22.4. The third kappa shape index (κ3) is 4.76. The molecule has 21 heavy (non-hydrogen) atoms. The molecule has 0 spiro atoms. The Morgan fingerprint density at radius 1 is 1.48 bits per heavy atom. The molecule has 7 nitrogen and oxygen atoms in total. The fourth-order valence-corrected chi connectivity index (χ4v) is 1.52. The first kappa shape index (κ1) is 16.4. The molecule has 1 unspecified atom stereocenters. The van der Waals surface area contributed by atoms with Gasteiger partial charge in [0.1, 0.15) is 0 Å². The highest BCUT2D eigenvalue weighted by atomic mass is 16.6. The van der Waals surface area contributed by atoms with Gasteiger partial charge in [-0.25, -0.2) is 0 Å². The van der Waals surface area contributed by atoms with E-state index in [1.54, 1.807) is 0 Å². The number of nitrogens with zero attached hydrogens (tertiary/aromatic N) is 2. The van der Waals surface area contributed by atoms with Gasteiger partial charge in [-0.05, 0) is 25.0 Å². The first-order valence-corrected chi connectivity index (χ1v) is 6.48. The minimum Gasteiger partial charge on any atom is -0.474 e. The van der Waals surface area contributed by atoms with E-state index in [1.807, 2.05) is 19.9 Å². The lowest BCUT2D eigenvalue weighted by molar-refractivity contribution is -0.386. The first-order chi connectivity index (χ1) is 9.85. The zero-order chi connectivity index (χ0) is 16.0. The summed E-state index contributed by atoms with van der Waals surface area (Å²) in [6.45, 7) is 5.92. The summed E-state index contributed by atoms with van der Waals surface area (Å²) in [5.41, 5.74) is -0.177. The second-order valence-corrected chi connectivity index (χ2v) is 4.95. The molecule has 0 radical (unpaired) electrons. The van der Waals surface area contributed by atoms with E-state index in [4.69, 9.17) is 10.00 Å². The predicted octanol–water partition coefficient (Wildman–Crippen LogP) is 2.01. The lowest BCUT2D eigenvalue weighted by atomic mass is 10.2. The van der Waals surface area contributed by atoms with E-state index in [0.717, 1.165) is 6.07 Å². The fraction of sp³-hybridized carbons (Fsp3) is 0.429. The van der Waals surface area contributed by atoms with Gasteiger partial charge in [-0.1, -0.05) is 13.8 Å². The van der Waals surface area contributed by atoms with Crippen LogP contribution >= 0.6 is 0 Å². The Morgan fingerprint density at radius 2 is 2.14 bits per heavy atom. The maximum Gasteiger partial charge on any atom is 0.312 e. The van der Waals surface area contributed by atoms with Crippen molar-refractivity contribution in [3.63, 3.8) is 0 Å². The molecule has 0 heterocycles. The Bertz CT molecular complexity index is 578. The average Bonchev–Trinajstić information content (AvgIpc) is 2.44. The molecule has 0 aliphatic rings. The molecular formula is C14H17N3O4. The summed E-state index contributed by atoms with van der Waals surface area (Å²) in [7, 11) is 0. The Kier molecular flexibility index (Phi) is 5.67. The number of rotatable bonds is 6. The van der Waals surface area contributed by atoms with Crippen LogP contribution in [0, 0.1) is 27.4 Å². The summed E-state index contributed by atoms with van der Waals surface area (Å²) >= 11 is 0. The van der Waals surface area contributed by atoms with Gasteiger partial charge in [0.25, 0.3) is 5.91 Å². The normalized spacial score (nSPS) is 11.6. The molecule has 0 aliphatic heterocycles. The number of nitriles is 1. The minimum absolute atomic E-state index is 0.0359. The van der Waals surface area contributed by atoms with Crippen molar-refractivity contribution in [2.24, 2.45) is 5.92 Å². The average molecular weight is 291 g/mol. The highest BCUT2D eigenvalue weighted by Gasteiger charge is 2.21. The first-order valence-electron chi connectivity index (χ1n) is 6.48. The van der Waals surface area contributed by atoms with E-state index < -0.39 is 11.0 Å². The van der Waals surface area contributed by atoms with Crippen molar-refractivity contribution in [1.29, 1.82) is 5.26 Å². The standard InChI is InChI=1S/C14H17N3O4/c1-9(2)8-16-14(18)10(3)21-13-5-4-11(7-15)6-12(13)17(19)20/h4-6,9-10H,8H2,1-3H3,(H,16,18). The number of hydrogen-bond acceptors (Lipinski definition) is 5. The van der Waals surface area contributed by atoms with E-state index in [2.05, 4.69) is 5.32 Å². The van der Waals surface area contributed by atoms with Crippen LogP contribution in [0.25, 0.3) is 0 Å². The third-order valence-corrected chi connectivity index (χ3v) is 2.64. The van der Waals surface area contributed by atoms with Gasteiger partial charge >= 0.3 is 5.69 Å². The molecule has 0 fully saturated rings.